The standard InChI is InChI=1S/C13H23BrN2O2/c1-5-7-12(18-4)11(17)8-10-13(14)9(6-2)15-16(10)3/h11-12,17H,5-8H2,1-4H3. The molecule has 0 spiro atoms. The quantitative estimate of drug-likeness (QED) is 0.840. The van der Waals surface area contributed by atoms with E-state index in [0.29, 0.717) is 6.42 Å². The molecule has 104 valence electrons. The molecule has 0 aliphatic heterocycles. The predicted octanol–water partition coefficient (Wildman–Crippen LogP) is 2.46. The third-order valence-corrected chi connectivity index (χ3v) is 4.13. The Bertz CT molecular complexity index is 379. The van der Waals surface area contributed by atoms with Gasteiger partial charge in [-0.1, -0.05) is 20.3 Å². The van der Waals surface area contributed by atoms with E-state index in [0.717, 1.165) is 35.1 Å². The molecule has 0 radical (unpaired) electrons. The second kappa shape index (κ2) is 7.26. The van der Waals surface area contributed by atoms with E-state index in [-0.39, 0.29) is 6.10 Å². The Morgan fingerprint density at radius 1 is 1.44 bits per heavy atom. The van der Waals surface area contributed by atoms with Crippen LogP contribution in [0.1, 0.15) is 38.1 Å². The number of aliphatic hydroxyl groups is 1. The van der Waals surface area contributed by atoms with Crippen molar-refractivity contribution in [3.63, 3.8) is 0 Å². The van der Waals surface area contributed by atoms with Gasteiger partial charge < -0.3 is 9.84 Å². The average molecular weight is 319 g/mol. The molecule has 0 aliphatic carbocycles. The Kier molecular flexibility index (Phi) is 6.32. The molecule has 1 N–H and O–H groups in total. The van der Waals surface area contributed by atoms with Crippen LogP contribution in [0.3, 0.4) is 0 Å². The van der Waals surface area contributed by atoms with Gasteiger partial charge in [0.15, 0.2) is 0 Å². The third kappa shape index (κ3) is 3.56. The highest BCUT2D eigenvalue weighted by molar-refractivity contribution is 9.10. The van der Waals surface area contributed by atoms with E-state index in [1.165, 1.54) is 0 Å². The number of ether oxygens (including phenoxy) is 1. The van der Waals surface area contributed by atoms with E-state index < -0.39 is 6.10 Å². The Morgan fingerprint density at radius 3 is 2.56 bits per heavy atom. The van der Waals surface area contributed by atoms with Gasteiger partial charge in [-0.25, -0.2) is 0 Å². The molecule has 0 aliphatic rings. The van der Waals surface area contributed by atoms with Crippen molar-refractivity contribution in [2.24, 2.45) is 7.05 Å². The Labute approximate surface area is 117 Å². The summed E-state index contributed by atoms with van der Waals surface area (Å²) in [4.78, 5) is 0. The van der Waals surface area contributed by atoms with Crippen molar-refractivity contribution in [2.45, 2.75) is 51.7 Å². The largest absolute Gasteiger partial charge is 0.390 e. The summed E-state index contributed by atoms with van der Waals surface area (Å²) in [6.07, 6.45) is 2.71. The maximum atomic E-state index is 10.2. The summed E-state index contributed by atoms with van der Waals surface area (Å²) in [5.41, 5.74) is 2.06. The van der Waals surface area contributed by atoms with Crippen molar-refractivity contribution in [1.29, 1.82) is 0 Å². The van der Waals surface area contributed by atoms with Gasteiger partial charge in [-0.15, -0.1) is 0 Å². The van der Waals surface area contributed by atoms with E-state index >= 15 is 0 Å². The summed E-state index contributed by atoms with van der Waals surface area (Å²) in [7, 11) is 3.56. The van der Waals surface area contributed by atoms with Gasteiger partial charge in [0, 0.05) is 20.6 Å². The molecule has 0 saturated carbocycles. The first-order chi connectivity index (χ1) is 8.54. The Morgan fingerprint density at radius 2 is 2.11 bits per heavy atom. The predicted molar refractivity (Wildman–Crippen MR) is 75.7 cm³/mol. The molecule has 1 heterocycles. The molecule has 5 heteroatoms. The van der Waals surface area contributed by atoms with E-state index in [4.69, 9.17) is 4.74 Å². The first-order valence-electron chi connectivity index (χ1n) is 6.46. The van der Waals surface area contributed by atoms with Crippen molar-refractivity contribution in [1.82, 2.24) is 9.78 Å². The van der Waals surface area contributed by atoms with Crippen LogP contribution in [-0.2, 0) is 24.6 Å². The van der Waals surface area contributed by atoms with Crippen LogP contribution in [0.5, 0.6) is 0 Å². The van der Waals surface area contributed by atoms with Crippen molar-refractivity contribution in [3.05, 3.63) is 15.9 Å². The normalized spacial score (nSPS) is 14.8. The molecule has 1 rings (SSSR count). The number of rotatable bonds is 7. The molecule has 0 bridgehead atoms. The maximum Gasteiger partial charge on any atom is 0.0857 e. The molecule has 0 fully saturated rings. The molecule has 1 aromatic heterocycles. The molecule has 2 atom stereocenters. The van der Waals surface area contributed by atoms with Crippen LogP contribution in [0.4, 0.5) is 0 Å². The van der Waals surface area contributed by atoms with Crippen molar-refractivity contribution in [2.75, 3.05) is 7.11 Å². The number of hydrogen-bond acceptors (Lipinski definition) is 3. The Balaban J connectivity index is 2.80. The lowest BCUT2D eigenvalue weighted by molar-refractivity contribution is -0.0167. The summed E-state index contributed by atoms with van der Waals surface area (Å²) in [5, 5.41) is 14.7. The zero-order chi connectivity index (χ0) is 13.7. The van der Waals surface area contributed by atoms with Crippen LogP contribution in [0.15, 0.2) is 4.47 Å². The third-order valence-electron chi connectivity index (χ3n) is 3.21. The lowest BCUT2D eigenvalue weighted by atomic mass is 10.0. The topological polar surface area (TPSA) is 47.3 Å². The fourth-order valence-corrected chi connectivity index (χ4v) is 2.90. The smallest absolute Gasteiger partial charge is 0.0857 e. The van der Waals surface area contributed by atoms with E-state index in [1.54, 1.807) is 7.11 Å². The molecule has 0 saturated heterocycles. The average Bonchev–Trinajstić information content (AvgIpc) is 2.63. The molecule has 1 aromatic rings. The number of hydrogen-bond donors (Lipinski definition) is 1. The minimum atomic E-state index is -0.494. The summed E-state index contributed by atoms with van der Waals surface area (Å²) >= 11 is 3.57. The first-order valence-corrected chi connectivity index (χ1v) is 7.25. The van der Waals surface area contributed by atoms with Crippen molar-refractivity contribution >= 4 is 15.9 Å². The molecule has 0 aromatic carbocycles. The zero-order valence-electron chi connectivity index (χ0n) is 11.6. The molecular weight excluding hydrogens is 296 g/mol. The number of nitrogens with zero attached hydrogens (tertiary/aromatic N) is 2. The minimum absolute atomic E-state index is 0.109. The number of methoxy groups -OCH3 is 1. The van der Waals surface area contributed by atoms with E-state index in [2.05, 4.69) is 34.9 Å². The highest BCUT2D eigenvalue weighted by Gasteiger charge is 2.22. The lowest BCUT2D eigenvalue weighted by Crippen LogP contribution is -2.30. The molecule has 4 nitrogen and oxygen atoms in total. The summed E-state index contributed by atoms with van der Waals surface area (Å²) < 4.78 is 8.19. The number of aryl methyl sites for hydroxylation is 2. The van der Waals surface area contributed by atoms with Gasteiger partial charge in [0.05, 0.1) is 28.1 Å². The SMILES string of the molecule is CCCC(OC)C(O)Cc1c(Br)c(CC)nn1C. The van der Waals surface area contributed by atoms with Crippen LogP contribution in [0.2, 0.25) is 0 Å². The van der Waals surface area contributed by atoms with Gasteiger partial charge in [0.25, 0.3) is 0 Å². The van der Waals surface area contributed by atoms with Crippen LogP contribution < -0.4 is 0 Å². The van der Waals surface area contributed by atoms with Gasteiger partial charge in [-0.05, 0) is 28.8 Å². The number of aliphatic hydroxyl groups excluding tert-OH is 1. The fraction of sp³-hybridized carbons (Fsp3) is 0.769. The van der Waals surface area contributed by atoms with Crippen LogP contribution in [0.25, 0.3) is 0 Å². The van der Waals surface area contributed by atoms with Crippen LogP contribution in [0, 0.1) is 0 Å². The van der Waals surface area contributed by atoms with Crippen LogP contribution >= 0.6 is 15.9 Å². The van der Waals surface area contributed by atoms with Gasteiger partial charge in [0.1, 0.15) is 0 Å². The molecule has 0 amide bonds. The summed E-state index contributed by atoms with van der Waals surface area (Å²) in [5.74, 6) is 0. The van der Waals surface area contributed by atoms with E-state index in [9.17, 15) is 5.11 Å². The van der Waals surface area contributed by atoms with Crippen molar-refractivity contribution in [3.8, 4) is 0 Å². The number of aromatic nitrogens is 2. The minimum Gasteiger partial charge on any atom is -0.390 e. The van der Waals surface area contributed by atoms with Crippen molar-refractivity contribution < 1.29 is 9.84 Å². The van der Waals surface area contributed by atoms with Crippen LogP contribution in [-0.4, -0.2) is 34.2 Å². The first kappa shape index (κ1) is 15.7. The molecule has 2 unspecified atom stereocenters. The van der Waals surface area contributed by atoms with Gasteiger partial charge in [0.2, 0.25) is 0 Å². The zero-order valence-corrected chi connectivity index (χ0v) is 13.2. The maximum absolute atomic E-state index is 10.2. The Hall–Kier alpha value is -0.390. The monoisotopic (exact) mass is 318 g/mol. The summed E-state index contributed by atoms with van der Waals surface area (Å²) in [6.45, 7) is 4.16. The van der Waals surface area contributed by atoms with Gasteiger partial charge >= 0.3 is 0 Å². The van der Waals surface area contributed by atoms with Gasteiger partial charge in [-0.3, -0.25) is 4.68 Å². The lowest BCUT2D eigenvalue weighted by Gasteiger charge is -2.21. The second-order valence-electron chi connectivity index (χ2n) is 4.52. The fourth-order valence-electron chi connectivity index (χ4n) is 2.12. The molecular formula is C13H23BrN2O2. The molecule has 18 heavy (non-hydrogen) atoms. The van der Waals surface area contributed by atoms with E-state index in [1.807, 2.05) is 11.7 Å². The second-order valence-corrected chi connectivity index (χ2v) is 5.31. The van der Waals surface area contributed by atoms with Gasteiger partial charge in [-0.2, -0.15) is 5.10 Å². The summed E-state index contributed by atoms with van der Waals surface area (Å²) in [6, 6.07) is 0. The highest BCUT2D eigenvalue weighted by Crippen LogP contribution is 2.24. The number of halogens is 1. The highest BCUT2D eigenvalue weighted by atomic mass is 79.9.